The number of aliphatic hydroxyl groups is 1. The Kier molecular flexibility index (Phi) is 5.30. The molecule has 0 fully saturated rings. The molecule has 1 heterocycles. The van der Waals surface area contributed by atoms with Crippen LogP contribution in [0.1, 0.15) is 36.9 Å². The van der Waals surface area contributed by atoms with Gasteiger partial charge in [0.25, 0.3) is 0 Å². The van der Waals surface area contributed by atoms with E-state index in [4.69, 9.17) is 16.3 Å². The fourth-order valence-electron chi connectivity index (χ4n) is 2.10. The van der Waals surface area contributed by atoms with Gasteiger partial charge in [0.15, 0.2) is 0 Å². The van der Waals surface area contributed by atoms with Crippen molar-refractivity contribution in [1.82, 2.24) is 9.78 Å². The highest BCUT2D eigenvalue weighted by Gasteiger charge is 2.15. The third-order valence-electron chi connectivity index (χ3n) is 3.29. The predicted octanol–water partition coefficient (Wildman–Crippen LogP) is 4.03. The van der Waals surface area contributed by atoms with Crippen LogP contribution in [0.2, 0.25) is 5.02 Å². The maximum atomic E-state index is 9.81. The molecular formula is C15H18BrClN2O2. The van der Waals surface area contributed by atoms with Crippen molar-refractivity contribution in [1.29, 1.82) is 0 Å². The van der Waals surface area contributed by atoms with Crippen molar-refractivity contribution in [3.8, 4) is 5.75 Å². The van der Waals surface area contributed by atoms with Crippen LogP contribution in [-0.2, 0) is 20.1 Å². The van der Waals surface area contributed by atoms with Gasteiger partial charge in [0, 0.05) is 17.1 Å². The lowest BCUT2D eigenvalue weighted by Crippen LogP contribution is -2.05. The Morgan fingerprint density at radius 3 is 2.76 bits per heavy atom. The minimum atomic E-state index is -0.596. The highest BCUT2D eigenvalue weighted by Crippen LogP contribution is 2.30. The van der Waals surface area contributed by atoms with E-state index in [1.54, 1.807) is 11.6 Å². The van der Waals surface area contributed by atoms with Crippen LogP contribution in [0.25, 0.3) is 0 Å². The third-order valence-corrected chi connectivity index (χ3v) is 4.22. The van der Waals surface area contributed by atoms with Crippen LogP contribution in [0.5, 0.6) is 5.75 Å². The first kappa shape index (κ1) is 16.3. The van der Waals surface area contributed by atoms with Gasteiger partial charge in [-0.1, -0.05) is 40.5 Å². The summed E-state index contributed by atoms with van der Waals surface area (Å²) < 4.78 is 8.48. The lowest BCUT2D eigenvalue weighted by molar-refractivity contribution is 0.189. The number of benzene rings is 1. The normalized spacial score (nSPS) is 12.5. The highest BCUT2D eigenvalue weighted by atomic mass is 79.9. The zero-order chi connectivity index (χ0) is 15.6. The molecule has 1 aromatic heterocycles. The molecule has 1 atom stereocenters. The summed E-state index contributed by atoms with van der Waals surface area (Å²) in [5.41, 5.74) is 2.43. The van der Waals surface area contributed by atoms with Crippen LogP contribution in [0.4, 0.5) is 0 Å². The van der Waals surface area contributed by atoms with Crippen molar-refractivity contribution < 1.29 is 9.84 Å². The van der Waals surface area contributed by atoms with Gasteiger partial charge < -0.3 is 9.84 Å². The van der Waals surface area contributed by atoms with Gasteiger partial charge in [0.1, 0.15) is 12.4 Å². The van der Waals surface area contributed by atoms with Crippen LogP contribution in [-0.4, -0.2) is 14.9 Å². The summed E-state index contributed by atoms with van der Waals surface area (Å²) >= 11 is 9.72. The van der Waals surface area contributed by atoms with E-state index in [0.717, 1.165) is 27.8 Å². The molecule has 1 aromatic carbocycles. The number of halogens is 2. The van der Waals surface area contributed by atoms with Gasteiger partial charge in [0.2, 0.25) is 0 Å². The molecule has 21 heavy (non-hydrogen) atoms. The van der Waals surface area contributed by atoms with Crippen LogP contribution < -0.4 is 4.74 Å². The smallest absolute Gasteiger partial charge is 0.131 e. The van der Waals surface area contributed by atoms with E-state index in [0.29, 0.717) is 17.4 Å². The molecule has 0 aliphatic rings. The molecule has 0 aliphatic heterocycles. The van der Waals surface area contributed by atoms with Gasteiger partial charge in [-0.3, -0.25) is 4.68 Å². The predicted molar refractivity (Wildman–Crippen MR) is 86.7 cm³/mol. The Hall–Kier alpha value is -1.04. The minimum absolute atomic E-state index is 0.304. The molecule has 2 aromatic rings. The van der Waals surface area contributed by atoms with Crippen molar-refractivity contribution >= 4 is 27.5 Å². The standard InChI is InChI=1S/C15H18BrClN2O2/c1-4-12-15(17)13(19(3)18-12)8-21-14-7-10(16)5-6-11(14)9(2)20/h5-7,9,20H,4,8H2,1-3H3. The second kappa shape index (κ2) is 6.81. The molecule has 2 rings (SSSR count). The third kappa shape index (κ3) is 3.59. The molecule has 0 saturated heterocycles. The summed E-state index contributed by atoms with van der Waals surface area (Å²) in [6.07, 6.45) is 0.184. The van der Waals surface area contributed by atoms with Crippen molar-refractivity contribution in [2.45, 2.75) is 33.0 Å². The molecule has 0 spiro atoms. The van der Waals surface area contributed by atoms with Crippen LogP contribution in [0.3, 0.4) is 0 Å². The molecule has 1 unspecified atom stereocenters. The molecule has 0 saturated carbocycles. The zero-order valence-corrected chi connectivity index (χ0v) is 14.6. The molecule has 6 heteroatoms. The summed E-state index contributed by atoms with van der Waals surface area (Å²) in [5, 5.41) is 14.8. The molecule has 114 valence electrons. The molecule has 0 amide bonds. The Bertz CT molecular complexity index is 641. The maximum Gasteiger partial charge on any atom is 0.131 e. The average Bonchev–Trinajstić information content (AvgIpc) is 2.71. The first-order valence-corrected chi connectivity index (χ1v) is 7.91. The van der Waals surface area contributed by atoms with Gasteiger partial charge in [-0.25, -0.2) is 0 Å². The molecule has 0 radical (unpaired) electrons. The number of aliphatic hydroxyl groups excluding tert-OH is 1. The summed E-state index contributed by atoms with van der Waals surface area (Å²) in [6, 6.07) is 5.56. The monoisotopic (exact) mass is 372 g/mol. The first-order chi connectivity index (χ1) is 9.93. The lowest BCUT2D eigenvalue weighted by Gasteiger charge is -2.14. The Morgan fingerprint density at radius 2 is 2.19 bits per heavy atom. The van der Waals surface area contributed by atoms with Gasteiger partial charge in [-0.2, -0.15) is 5.10 Å². The van der Waals surface area contributed by atoms with Crippen LogP contribution in [0.15, 0.2) is 22.7 Å². The van der Waals surface area contributed by atoms with Gasteiger partial charge in [-0.15, -0.1) is 0 Å². The SMILES string of the molecule is CCc1nn(C)c(COc2cc(Br)ccc2C(C)O)c1Cl. The Balaban J connectivity index is 2.24. The van der Waals surface area contributed by atoms with E-state index in [1.807, 2.05) is 32.2 Å². The number of nitrogens with zero attached hydrogens (tertiary/aromatic N) is 2. The molecular weight excluding hydrogens is 356 g/mol. The number of hydrogen-bond donors (Lipinski definition) is 1. The van der Waals surface area contributed by atoms with Crippen LogP contribution in [0, 0.1) is 0 Å². The van der Waals surface area contributed by atoms with E-state index in [1.165, 1.54) is 0 Å². The number of aromatic nitrogens is 2. The molecule has 4 nitrogen and oxygen atoms in total. The number of rotatable bonds is 5. The van der Waals surface area contributed by atoms with Gasteiger partial charge >= 0.3 is 0 Å². The van der Waals surface area contributed by atoms with E-state index in [-0.39, 0.29) is 0 Å². The Morgan fingerprint density at radius 1 is 1.48 bits per heavy atom. The first-order valence-electron chi connectivity index (χ1n) is 6.74. The average molecular weight is 374 g/mol. The Labute approximate surface area is 137 Å². The van der Waals surface area contributed by atoms with Crippen molar-refractivity contribution in [3.63, 3.8) is 0 Å². The summed E-state index contributed by atoms with van der Waals surface area (Å²) in [4.78, 5) is 0. The van der Waals surface area contributed by atoms with E-state index in [2.05, 4.69) is 21.0 Å². The second-order valence-corrected chi connectivity index (χ2v) is 6.12. The number of ether oxygens (including phenoxy) is 1. The number of aryl methyl sites for hydroxylation is 2. The molecule has 0 bridgehead atoms. The van der Waals surface area contributed by atoms with Crippen LogP contribution >= 0.6 is 27.5 Å². The van der Waals surface area contributed by atoms with Gasteiger partial charge in [-0.05, 0) is 25.5 Å². The van der Waals surface area contributed by atoms with E-state index >= 15 is 0 Å². The van der Waals surface area contributed by atoms with Gasteiger partial charge in [0.05, 0.1) is 22.5 Å². The summed E-state index contributed by atoms with van der Waals surface area (Å²) in [5.74, 6) is 0.634. The van der Waals surface area contributed by atoms with E-state index in [9.17, 15) is 5.11 Å². The largest absolute Gasteiger partial charge is 0.487 e. The van der Waals surface area contributed by atoms with Crippen molar-refractivity contribution in [2.24, 2.45) is 7.05 Å². The molecule has 1 N–H and O–H groups in total. The fraction of sp³-hybridized carbons (Fsp3) is 0.400. The summed E-state index contributed by atoms with van der Waals surface area (Å²) in [6.45, 7) is 4.03. The fourth-order valence-corrected chi connectivity index (χ4v) is 2.79. The zero-order valence-electron chi connectivity index (χ0n) is 12.2. The van der Waals surface area contributed by atoms with Crippen molar-refractivity contribution in [3.05, 3.63) is 44.6 Å². The highest BCUT2D eigenvalue weighted by molar-refractivity contribution is 9.10. The second-order valence-electron chi connectivity index (χ2n) is 4.83. The molecule has 0 aliphatic carbocycles. The summed E-state index contributed by atoms with van der Waals surface area (Å²) in [7, 11) is 1.85. The van der Waals surface area contributed by atoms with E-state index < -0.39 is 6.10 Å². The lowest BCUT2D eigenvalue weighted by atomic mass is 10.1. The number of hydrogen-bond acceptors (Lipinski definition) is 3. The van der Waals surface area contributed by atoms with Crippen molar-refractivity contribution in [2.75, 3.05) is 0 Å². The minimum Gasteiger partial charge on any atom is -0.487 e. The topological polar surface area (TPSA) is 47.3 Å². The quantitative estimate of drug-likeness (QED) is 0.860. The maximum absolute atomic E-state index is 9.81.